The van der Waals surface area contributed by atoms with Crippen molar-refractivity contribution in [1.82, 2.24) is 0 Å². The van der Waals surface area contributed by atoms with E-state index >= 15 is 0 Å². The first-order valence-corrected chi connectivity index (χ1v) is 4.99. The molecule has 0 atom stereocenters. The number of rotatable bonds is 3. The molecule has 0 N–H and O–H groups in total. The number of hydrogen-bond donors (Lipinski definition) is 0. The predicted octanol–water partition coefficient (Wildman–Crippen LogP) is 4.42. The molecule has 0 aromatic heterocycles. The van der Waals surface area contributed by atoms with Gasteiger partial charge in [-0.3, -0.25) is 0 Å². The Kier molecular flexibility index (Phi) is 6.99. The van der Waals surface area contributed by atoms with E-state index in [9.17, 15) is 0 Å². The largest absolute Gasteiger partial charge is 0.0991 e. The van der Waals surface area contributed by atoms with E-state index < -0.39 is 0 Å². The summed E-state index contributed by atoms with van der Waals surface area (Å²) < 4.78 is 0. The topological polar surface area (TPSA) is 0 Å². The second kappa shape index (κ2) is 7.60. The molecule has 0 spiro atoms. The fourth-order valence-corrected chi connectivity index (χ4v) is 1.24. The Balaban J connectivity index is 0.000000671. The number of hydrogen-bond acceptors (Lipinski definition) is 0. The predicted molar refractivity (Wildman–Crippen MR) is 61.8 cm³/mol. The zero-order chi connectivity index (χ0) is 10.1. The van der Waals surface area contributed by atoms with Crippen molar-refractivity contribution in [3.05, 3.63) is 48.6 Å². The molecule has 0 aromatic rings. The average molecular weight is 176 g/mol. The molecule has 0 amide bonds. The van der Waals surface area contributed by atoms with Crippen molar-refractivity contribution >= 4 is 0 Å². The van der Waals surface area contributed by atoms with Gasteiger partial charge in [0.1, 0.15) is 0 Å². The zero-order valence-electron chi connectivity index (χ0n) is 8.84. The van der Waals surface area contributed by atoms with Gasteiger partial charge in [0.05, 0.1) is 0 Å². The molecule has 72 valence electrons. The van der Waals surface area contributed by atoms with Crippen LogP contribution in [0.1, 0.15) is 33.1 Å². The maximum absolute atomic E-state index is 3.99. The minimum absolute atomic E-state index is 1.02. The second-order valence-electron chi connectivity index (χ2n) is 2.74. The van der Waals surface area contributed by atoms with E-state index in [0.29, 0.717) is 0 Å². The summed E-state index contributed by atoms with van der Waals surface area (Å²) in [5.74, 6) is 0. The third-order valence-electron chi connectivity index (χ3n) is 1.90. The first kappa shape index (κ1) is 12.0. The molecule has 13 heavy (non-hydrogen) atoms. The summed E-state index contributed by atoms with van der Waals surface area (Å²) in [4.78, 5) is 0. The molecule has 0 radical (unpaired) electrons. The van der Waals surface area contributed by atoms with Crippen molar-refractivity contribution in [2.45, 2.75) is 33.1 Å². The van der Waals surface area contributed by atoms with Gasteiger partial charge in [0.25, 0.3) is 0 Å². The summed E-state index contributed by atoms with van der Waals surface area (Å²) in [6, 6.07) is 0. The van der Waals surface area contributed by atoms with Gasteiger partial charge >= 0.3 is 0 Å². The third kappa shape index (κ3) is 4.51. The van der Waals surface area contributed by atoms with Crippen molar-refractivity contribution in [2.75, 3.05) is 0 Å². The molecule has 1 aliphatic rings. The molecule has 0 aliphatic heterocycles. The molecule has 0 saturated heterocycles. The molecule has 0 heteroatoms. The molecule has 0 fully saturated rings. The Morgan fingerprint density at radius 2 is 2.15 bits per heavy atom. The standard InChI is InChI=1S/C11H14.C2H6/c1-3-4-5-8-11-9-6-7-10(11)2;1-2/h3-5,9H,1-2,6-8H2;1-2H3/b5-4-;. The number of allylic oxidation sites excluding steroid dienone is 6. The van der Waals surface area contributed by atoms with E-state index in [2.05, 4.69) is 25.3 Å². The van der Waals surface area contributed by atoms with Gasteiger partial charge in [0.15, 0.2) is 0 Å². The van der Waals surface area contributed by atoms with Crippen LogP contribution in [0.25, 0.3) is 0 Å². The average Bonchev–Trinajstić information content (AvgIpc) is 2.56. The van der Waals surface area contributed by atoms with E-state index in [1.165, 1.54) is 17.6 Å². The zero-order valence-corrected chi connectivity index (χ0v) is 8.84. The summed E-state index contributed by atoms with van der Waals surface area (Å²) in [6.07, 6.45) is 11.5. The van der Waals surface area contributed by atoms with Crippen LogP contribution in [0.5, 0.6) is 0 Å². The van der Waals surface area contributed by atoms with Crippen molar-refractivity contribution < 1.29 is 0 Å². The Labute approximate surface area is 82.4 Å². The minimum Gasteiger partial charge on any atom is -0.0991 e. The quantitative estimate of drug-likeness (QED) is 0.558. The maximum atomic E-state index is 3.99. The van der Waals surface area contributed by atoms with E-state index in [0.717, 1.165) is 12.8 Å². The van der Waals surface area contributed by atoms with Gasteiger partial charge < -0.3 is 0 Å². The molecule has 0 heterocycles. The van der Waals surface area contributed by atoms with Crippen LogP contribution in [0.4, 0.5) is 0 Å². The van der Waals surface area contributed by atoms with Crippen LogP contribution in [-0.4, -0.2) is 0 Å². The van der Waals surface area contributed by atoms with E-state index in [1.54, 1.807) is 6.08 Å². The molecule has 0 nitrogen and oxygen atoms in total. The summed E-state index contributed by atoms with van der Waals surface area (Å²) in [5.41, 5.74) is 2.71. The molecule has 1 rings (SSSR count). The Morgan fingerprint density at radius 3 is 2.62 bits per heavy atom. The lowest BCUT2D eigenvalue weighted by molar-refractivity contribution is 1.06. The summed E-state index contributed by atoms with van der Waals surface area (Å²) in [7, 11) is 0. The fraction of sp³-hybridized carbons (Fsp3) is 0.385. The second-order valence-corrected chi connectivity index (χ2v) is 2.74. The van der Waals surface area contributed by atoms with Gasteiger partial charge in [0.2, 0.25) is 0 Å². The van der Waals surface area contributed by atoms with Crippen LogP contribution in [0, 0.1) is 0 Å². The highest BCUT2D eigenvalue weighted by atomic mass is 14.1. The van der Waals surface area contributed by atoms with Gasteiger partial charge in [-0.2, -0.15) is 0 Å². The first-order valence-electron chi connectivity index (χ1n) is 4.99. The van der Waals surface area contributed by atoms with Crippen LogP contribution in [0.2, 0.25) is 0 Å². The summed E-state index contributed by atoms with van der Waals surface area (Å²) >= 11 is 0. The molecular weight excluding hydrogens is 156 g/mol. The highest BCUT2D eigenvalue weighted by Gasteiger charge is 2.06. The van der Waals surface area contributed by atoms with Crippen molar-refractivity contribution in [3.8, 4) is 0 Å². The Hall–Kier alpha value is -1.04. The highest BCUT2D eigenvalue weighted by Crippen LogP contribution is 2.25. The third-order valence-corrected chi connectivity index (χ3v) is 1.90. The molecule has 0 saturated carbocycles. The molecule has 0 aromatic carbocycles. The molecule has 0 bridgehead atoms. The molecular formula is C13H20. The van der Waals surface area contributed by atoms with Gasteiger partial charge in [0, 0.05) is 0 Å². The van der Waals surface area contributed by atoms with Gasteiger partial charge in [-0.1, -0.05) is 56.9 Å². The first-order chi connectivity index (χ1) is 6.34. The highest BCUT2D eigenvalue weighted by molar-refractivity contribution is 5.35. The SMILES string of the molecule is C=C/C=C\CC1=CCCC1=C.CC. The Bertz CT molecular complexity index is 216. The maximum Gasteiger partial charge on any atom is -0.00950 e. The Morgan fingerprint density at radius 1 is 1.46 bits per heavy atom. The van der Waals surface area contributed by atoms with E-state index in [4.69, 9.17) is 0 Å². The van der Waals surface area contributed by atoms with Crippen molar-refractivity contribution in [3.63, 3.8) is 0 Å². The van der Waals surface area contributed by atoms with Gasteiger partial charge in [-0.15, -0.1) is 0 Å². The normalized spacial score (nSPS) is 15.2. The lowest BCUT2D eigenvalue weighted by atomic mass is 10.1. The molecule has 0 unspecified atom stereocenters. The van der Waals surface area contributed by atoms with Crippen LogP contribution >= 0.6 is 0 Å². The lowest BCUT2D eigenvalue weighted by Gasteiger charge is -1.97. The minimum atomic E-state index is 1.02. The van der Waals surface area contributed by atoms with E-state index in [-0.39, 0.29) is 0 Å². The monoisotopic (exact) mass is 176 g/mol. The van der Waals surface area contributed by atoms with E-state index in [1.807, 2.05) is 19.9 Å². The lowest BCUT2D eigenvalue weighted by Crippen LogP contribution is -1.77. The van der Waals surface area contributed by atoms with Crippen LogP contribution < -0.4 is 0 Å². The fourth-order valence-electron chi connectivity index (χ4n) is 1.24. The van der Waals surface area contributed by atoms with Gasteiger partial charge in [-0.05, 0) is 24.8 Å². The van der Waals surface area contributed by atoms with Crippen molar-refractivity contribution in [1.29, 1.82) is 0 Å². The smallest absolute Gasteiger partial charge is 0.00950 e. The summed E-state index contributed by atoms with van der Waals surface area (Å²) in [6.45, 7) is 11.6. The summed E-state index contributed by atoms with van der Waals surface area (Å²) in [5, 5.41) is 0. The van der Waals surface area contributed by atoms with Crippen molar-refractivity contribution in [2.24, 2.45) is 0 Å². The molecule has 1 aliphatic carbocycles. The van der Waals surface area contributed by atoms with Crippen LogP contribution in [0.3, 0.4) is 0 Å². The van der Waals surface area contributed by atoms with Crippen LogP contribution in [-0.2, 0) is 0 Å². The van der Waals surface area contributed by atoms with Gasteiger partial charge in [-0.25, -0.2) is 0 Å². The van der Waals surface area contributed by atoms with Crippen LogP contribution in [0.15, 0.2) is 48.6 Å².